The number of para-hydroxylation sites is 1. The first-order valence-electron chi connectivity index (χ1n) is 9.00. The Morgan fingerprint density at radius 3 is 2.33 bits per heavy atom. The van der Waals surface area contributed by atoms with Crippen LogP contribution < -0.4 is 10.9 Å². The van der Waals surface area contributed by atoms with Gasteiger partial charge in [-0.05, 0) is 31.2 Å². The number of halogens is 2. The van der Waals surface area contributed by atoms with Crippen molar-refractivity contribution in [3.8, 4) is 16.9 Å². The molecule has 0 atom stereocenters. The van der Waals surface area contributed by atoms with Gasteiger partial charge in [0.1, 0.15) is 17.1 Å². The molecule has 0 unspecified atom stereocenters. The van der Waals surface area contributed by atoms with Gasteiger partial charge in [-0.3, -0.25) is 14.4 Å². The number of benzene rings is 2. The van der Waals surface area contributed by atoms with Crippen molar-refractivity contribution in [1.29, 1.82) is 0 Å². The molecule has 0 aliphatic rings. The lowest BCUT2D eigenvalue weighted by Crippen LogP contribution is -2.22. The number of rotatable bonds is 6. The Kier molecular flexibility index (Phi) is 6.87. The number of hydrogen-bond donors (Lipinski definition) is 1. The number of aromatic nitrogens is 2. The fourth-order valence-electron chi connectivity index (χ4n) is 2.67. The predicted octanol–water partition coefficient (Wildman–Crippen LogP) is 4.10. The molecule has 0 aliphatic carbocycles. The number of hydrogen-bond acceptors (Lipinski definition) is 5. The second kappa shape index (κ2) is 9.56. The largest absolute Gasteiger partial charge is 0.466 e. The van der Waals surface area contributed by atoms with E-state index in [9.17, 15) is 14.4 Å². The number of carbonyl (C=O) groups excluding carboxylic acids is 2. The normalized spacial score (nSPS) is 10.5. The Morgan fingerprint density at radius 2 is 1.70 bits per heavy atom. The molecule has 1 amide bonds. The number of carbonyl (C=O) groups is 2. The molecule has 1 aromatic heterocycles. The van der Waals surface area contributed by atoms with Gasteiger partial charge in [0.05, 0.1) is 17.3 Å². The third-order valence-electron chi connectivity index (χ3n) is 4.03. The zero-order valence-electron chi connectivity index (χ0n) is 15.9. The van der Waals surface area contributed by atoms with Gasteiger partial charge in [-0.15, -0.1) is 0 Å². The Bertz CT molecular complexity index is 1130. The SMILES string of the molecule is CCOC(=O)CC(=O)Nc1ccc(-c2nn(-c3ccccc3)c(=O)c(Cl)c2Cl)cc1. The minimum absolute atomic E-state index is 0.0351. The molecule has 154 valence electrons. The van der Waals surface area contributed by atoms with Crippen LogP contribution in [-0.2, 0) is 14.3 Å². The van der Waals surface area contributed by atoms with Crippen LogP contribution >= 0.6 is 23.2 Å². The molecule has 0 aliphatic heterocycles. The summed E-state index contributed by atoms with van der Waals surface area (Å²) in [6.07, 6.45) is -0.374. The van der Waals surface area contributed by atoms with Crippen LogP contribution in [0.25, 0.3) is 16.9 Å². The van der Waals surface area contributed by atoms with Crippen molar-refractivity contribution in [2.75, 3.05) is 11.9 Å². The van der Waals surface area contributed by atoms with E-state index >= 15 is 0 Å². The summed E-state index contributed by atoms with van der Waals surface area (Å²) in [5.74, 6) is -1.08. The van der Waals surface area contributed by atoms with Crippen molar-refractivity contribution in [1.82, 2.24) is 9.78 Å². The molecule has 0 radical (unpaired) electrons. The molecule has 3 aromatic rings. The summed E-state index contributed by atoms with van der Waals surface area (Å²) in [4.78, 5) is 35.8. The van der Waals surface area contributed by atoms with E-state index in [1.807, 2.05) is 6.07 Å². The van der Waals surface area contributed by atoms with E-state index in [1.54, 1.807) is 55.5 Å². The third-order valence-corrected chi connectivity index (χ3v) is 4.85. The maximum atomic E-state index is 12.5. The molecule has 0 spiro atoms. The zero-order valence-corrected chi connectivity index (χ0v) is 17.4. The highest BCUT2D eigenvalue weighted by atomic mass is 35.5. The zero-order chi connectivity index (χ0) is 21.7. The first kappa shape index (κ1) is 21.5. The van der Waals surface area contributed by atoms with E-state index < -0.39 is 17.4 Å². The number of nitrogens with one attached hydrogen (secondary N) is 1. The summed E-state index contributed by atoms with van der Waals surface area (Å²) in [6, 6.07) is 15.4. The van der Waals surface area contributed by atoms with Gasteiger partial charge >= 0.3 is 5.97 Å². The van der Waals surface area contributed by atoms with Gasteiger partial charge in [0, 0.05) is 11.3 Å². The van der Waals surface area contributed by atoms with E-state index in [0.29, 0.717) is 22.6 Å². The standard InChI is InChI=1S/C21H17Cl2N3O4/c1-2-30-17(28)12-16(27)24-14-10-8-13(9-11-14)20-18(22)19(23)21(29)26(25-20)15-6-4-3-5-7-15/h3-11H,2,12H2,1H3,(H,24,27). The monoisotopic (exact) mass is 445 g/mol. The van der Waals surface area contributed by atoms with Crippen molar-refractivity contribution in [3.63, 3.8) is 0 Å². The number of anilines is 1. The van der Waals surface area contributed by atoms with Gasteiger partial charge in [0.25, 0.3) is 5.56 Å². The van der Waals surface area contributed by atoms with Gasteiger partial charge in [0.2, 0.25) is 5.91 Å². The van der Waals surface area contributed by atoms with E-state index in [-0.39, 0.29) is 23.1 Å². The summed E-state index contributed by atoms with van der Waals surface area (Å²) >= 11 is 12.4. The van der Waals surface area contributed by atoms with Crippen molar-refractivity contribution in [3.05, 3.63) is 75.0 Å². The summed E-state index contributed by atoms with van der Waals surface area (Å²) in [7, 11) is 0. The van der Waals surface area contributed by atoms with E-state index in [0.717, 1.165) is 0 Å². The summed E-state index contributed by atoms with van der Waals surface area (Å²) < 4.78 is 5.92. The Hall–Kier alpha value is -3.16. The minimum atomic E-state index is -0.597. The summed E-state index contributed by atoms with van der Waals surface area (Å²) in [6.45, 7) is 1.88. The number of amides is 1. The molecule has 0 saturated heterocycles. The minimum Gasteiger partial charge on any atom is -0.466 e. The van der Waals surface area contributed by atoms with Crippen molar-refractivity contribution >= 4 is 40.8 Å². The third kappa shape index (κ3) is 4.87. The van der Waals surface area contributed by atoms with Crippen LogP contribution in [0.5, 0.6) is 0 Å². The quantitative estimate of drug-likeness (QED) is 0.455. The maximum Gasteiger partial charge on any atom is 0.315 e. The predicted molar refractivity (Wildman–Crippen MR) is 115 cm³/mol. The average Bonchev–Trinajstić information content (AvgIpc) is 2.74. The Morgan fingerprint density at radius 1 is 1.03 bits per heavy atom. The van der Waals surface area contributed by atoms with Crippen molar-refractivity contribution in [2.24, 2.45) is 0 Å². The average molecular weight is 446 g/mol. The lowest BCUT2D eigenvalue weighted by molar-refractivity contribution is -0.145. The molecule has 30 heavy (non-hydrogen) atoms. The first-order valence-corrected chi connectivity index (χ1v) is 9.76. The molecule has 1 N–H and O–H groups in total. The topological polar surface area (TPSA) is 90.3 Å². The lowest BCUT2D eigenvalue weighted by Gasteiger charge is -2.11. The van der Waals surface area contributed by atoms with E-state index in [4.69, 9.17) is 27.9 Å². The van der Waals surface area contributed by atoms with E-state index in [2.05, 4.69) is 10.4 Å². The molecule has 1 heterocycles. The molecule has 0 bridgehead atoms. The van der Waals surface area contributed by atoms with Gasteiger partial charge in [-0.25, -0.2) is 0 Å². The highest BCUT2D eigenvalue weighted by Crippen LogP contribution is 2.30. The summed E-state index contributed by atoms with van der Waals surface area (Å²) in [5.41, 5.74) is 1.40. The molecular formula is C21H17Cl2N3O4. The fraction of sp³-hybridized carbons (Fsp3) is 0.143. The van der Waals surface area contributed by atoms with Gasteiger partial charge in [-0.1, -0.05) is 53.5 Å². The fourth-order valence-corrected chi connectivity index (χ4v) is 3.07. The van der Waals surface area contributed by atoms with E-state index in [1.165, 1.54) is 4.68 Å². The van der Waals surface area contributed by atoms with Crippen LogP contribution in [0.3, 0.4) is 0 Å². The van der Waals surface area contributed by atoms with Crippen LogP contribution in [0, 0.1) is 0 Å². The highest BCUT2D eigenvalue weighted by Gasteiger charge is 2.17. The second-order valence-corrected chi connectivity index (χ2v) is 6.89. The molecule has 9 heteroatoms. The Labute approximate surface area is 182 Å². The van der Waals surface area contributed by atoms with Crippen LogP contribution in [0.2, 0.25) is 10.0 Å². The smallest absolute Gasteiger partial charge is 0.315 e. The maximum absolute atomic E-state index is 12.5. The van der Waals surface area contributed by atoms with Gasteiger partial charge in [0.15, 0.2) is 0 Å². The number of ether oxygens (including phenoxy) is 1. The molecule has 7 nitrogen and oxygen atoms in total. The van der Waals surface area contributed by atoms with Crippen molar-refractivity contribution < 1.29 is 14.3 Å². The molecule has 0 fully saturated rings. The number of esters is 1. The van der Waals surface area contributed by atoms with Crippen LogP contribution in [0.15, 0.2) is 59.4 Å². The van der Waals surface area contributed by atoms with Gasteiger partial charge in [-0.2, -0.15) is 9.78 Å². The highest BCUT2D eigenvalue weighted by molar-refractivity contribution is 6.43. The van der Waals surface area contributed by atoms with Crippen LogP contribution in [0.4, 0.5) is 5.69 Å². The van der Waals surface area contributed by atoms with Crippen LogP contribution in [0.1, 0.15) is 13.3 Å². The molecule has 2 aromatic carbocycles. The Balaban J connectivity index is 1.88. The molecular weight excluding hydrogens is 429 g/mol. The van der Waals surface area contributed by atoms with Crippen molar-refractivity contribution in [2.45, 2.75) is 13.3 Å². The first-order chi connectivity index (χ1) is 14.4. The van der Waals surface area contributed by atoms with Crippen LogP contribution in [-0.4, -0.2) is 28.3 Å². The lowest BCUT2D eigenvalue weighted by atomic mass is 10.1. The molecule has 3 rings (SSSR count). The number of nitrogens with zero attached hydrogens (tertiary/aromatic N) is 2. The second-order valence-electron chi connectivity index (χ2n) is 6.14. The molecule has 0 saturated carbocycles. The summed E-state index contributed by atoms with van der Waals surface area (Å²) in [5, 5.41) is 6.86. The van der Waals surface area contributed by atoms with Gasteiger partial charge < -0.3 is 10.1 Å².